The number of piperazine rings is 1. The van der Waals surface area contributed by atoms with Gasteiger partial charge in [0.25, 0.3) is 5.91 Å². The van der Waals surface area contributed by atoms with Gasteiger partial charge in [-0.2, -0.15) is 13.2 Å². The highest BCUT2D eigenvalue weighted by Gasteiger charge is 2.37. The molecule has 1 saturated heterocycles. The van der Waals surface area contributed by atoms with E-state index in [1.54, 1.807) is 26.4 Å². The molecule has 1 aliphatic rings. The average Bonchev–Trinajstić information content (AvgIpc) is 2.87. The minimum atomic E-state index is -4.52. The maximum atomic E-state index is 13.7. The van der Waals surface area contributed by atoms with E-state index in [0.29, 0.717) is 5.69 Å². The van der Waals surface area contributed by atoms with Gasteiger partial charge in [0.1, 0.15) is 0 Å². The average molecular weight is 552 g/mol. The minimum absolute atomic E-state index is 0.00215. The van der Waals surface area contributed by atoms with E-state index in [0.717, 1.165) is 43.4 Å². The van der Waals surface area contributed by atoms with E-state index in [-0.39, 0.29) is 28.9 Å². The molecule has 1 amide bonds. The minimum Gasteiger partial charge on any atom is -0.376 e. The molecule has 2 aromatic carbocycles. The van der Waals surface area contributed by atoms with Crippen molar-refractivity contribution < 1.29 is 27.4 Å². The molecule has 0 unspecified atom stereocenters. The van der Waals surface area contributed by atoms with E-state index < -0.39 is 17.6 Å². The van der Waals surface area contributed by atoms with E-state index in [1.807, 2.05) is 59.6 Å². The van der Waals surface area contributed by atoms with Crippen molar-refractivity contribution in [1.29, 1.82) is 0 Å². The molecule has 3 rings (SSSR count). The van der Waals surface area contributed by atoms with Crippen LogP contribution in [0.2, 0.25) is 0 Å². The number of carbonyl (C=O) groups excluding carboxylic acids is 1. The maximum Gasteiger partial charge on any atom is 0.416 e. The van der Waals surface area contributed by atoms with E-state index in [2.05, 4.69) is 10.2 Å². The first-order valence-corrected chi connectivity index (χ1v) is 13.1. The molecule has 9 heteroatoms. The molecule has 0 aromatic heterocycles. The molecule has 0 radical (unpaired) electrons. The molecule has 6 nitrogen and oxygen atoms in total. The summed E-state index contributed by atoms with van der Waals surface area (Å²) in [5, 5.41) is 2.69. The maximum absolute atomic E-state index is 13.7. The van der Waals surface area contributed by atoms with Crippen LogP contribution in [0.3, 0.4) is 0 Å². The number of aryl methyl sites for hydroxylation is 2. The second kappa shape index (κ2) is 13.3. The van der Waals surface area contributed by atoms with Crippen LogP contribution in [-0.2, 0) is 22.2 Å². The number of nitrogens with zero attached hydrogens (tertiary/aromatic N) is 2. The zero-order chi connectivity index (χ0) is 29.6. The molecular formula is C30H44F3N3O3. The topological polar surface area (TPSA) is 54.0 Å². The quantitative estimate of drug-likeness (QED) is 0.447. The van der Waals surface area contributed by atoms with Crippen molar-refractivity contribution in [3.8, 4) is 0 Å². The molecule has 0 aliphatic carbocycles. The highest BCUT2D eigenvalue weighted by Crippen LogP contribution is 2.34. The summed E-state index contributed by atoms with van der Waals surface area (Å²) in [5.41, 5.74) is 1.63. The van der Waals surface area contributed by atoms with Crippen LogP contribution >= 0.6 is 0 Å². The summed E-state index contributed by atoms with van der Waals surface area (Å²) in [6, 6.07) is 9.27. The molecule has 218 valence electrons. The number of halogens is 3. The van der Waals surface area contributed by atoms with Gasteiger partial charge in [-0.25, -0.2) is 0 Å². The molecule has 1 heterocycles. The first kappa shape index (κ1) is 32.8. The Morgan fingerprint density at radius 3 is 1.92 bits per heavy atom. The highest BCUT2D eigenvalue weighted by atomic mass is 19.4. The molecule has 0 atom stereocenters. The third-order valence-corrected chi connectivity index (χ3v) is 7.90. The number of benzene rings is 2. The van der Waals surface area contributed by atoms with Crippen molar-refractivity contribution in [2.75, 3.05) is 52.8 Å². The van der Waals surface area contributed by atoms with E-state index in [9.17, 15) is 18.0 Å². The van der Waals surface area contributed by atoms with Gasteiger partial charge in [-0.3, -0.25) is 9.69 Å². The third kappa shape index (κ3) is 9.03. The zero-order valence-corrected chi connectivity index (χ0v) is 24.8. The Hall–Kier alpha value is -2.46. The first-order valence-electron chi connectivity index (χ1n) is 13.1. The number of amides is 1. The van der Waals surface area contributed by atoms with Gasteiger partial charge in [0, 0.05) is 58.2 Å². The lowest BCUT2D eigenvalue weighted by molar-refractivity contribution is -0.147. The molecule has 0 saturated carbocycles. The van der Waals surface area contributed by atoms with Crippen molar-refractivity contribution in [3.63, 3.8) is 0 Å². The predicted molar refractivity (Wildman–Crippen MR) is 150 cm³/mol. The number of hydrogen-bond acceptors (Lipinski definition) is 5. The third-order valence-electron chi connectivity index (χ3n) is 7.90. The number of ether oxygens (including phenoxy) is 2. The van der Waals surface area contributed by atoms with Crippen molar-refractivity contribution in [2.45, 2.75) is 65.5 Å². The number of likely N-dealkylation sites (N-methyl/N-ethyl adjacent to an activating group) is 1. The lowest BCUT2D eigenvalue weighted by Gasteiger charge is -2.38. The van der Waals surface area contributed by atoms with Gasteiger partial charge in [-0.05, 0) is 89.5 Å². The van der Waals surface area contributed by atoms with Gasteiger partial charge in [-0.15, -0.1) is 0 Å². The van der Waals surface area contributed by atoms with E-state index >= 15 is 0 Å². The fraction of sp³-hybridized carbons (Fsp3) is 0.567. The Morgan fingerprint density at radius 2 is 1.44 bits per heavy atom. The number of anilines is 1. The number of methoxy groups -OCH3 is 2. The van der Waals surface area contributed by atoms with Crippen LogP contribution in [0.15, 0.2) is 36.4 Å². The normalized spacial score (nSPS) is 15.5. The van der Waals surface area contributed by atoms with Crippen molar-refractivity contribution in [1.82, 2.24) is 9.80 Å². The largest absolute Gasteiger partial charge is 0.416 e. The van der Waals surface area contributed by atoms with Gasteiger partial charge in [0.05, 0.1) is 16.8 Å². The second-order valence-electron chi connectivity index (χ2n) is 11.1. The molecule has 2 aromatic rings. The number of nitrogens with one attached hydrogen (secondary N) is 1. The summed E-state index contributed by atoms with van der Waals surface area (Å²) < 4.78 is 51.6. The fourth-order valence-electron chi connectivity index (χ4n) is 3.88. The van der Waals surface area contributed by atoms with Crippen LogP contribution in [0.25, 0.3) is 0 Å². The van der Waals surface area contributed by atoms with Crippen LogP contribution in [0.1, 0.15) is 60.3 Å². The van der Waals surface area contributed by atoms with Gasteiger partial charge >= 0.3 is 6.18 Å². The predicted octanol–water partition coefficient (Wildman–Crippen LogP) is 6.16. The SMILES string of the molecule is COC(C)(C)C(C)(C)OC.Cc1ccc(NC(=O)c2ccc(CN3CCN(C)CC3)c(C(F)(F)F)c2)cc1C. The molecule has 1 N–H and O–H groups in total. The fourth-order valence-corrected chi connectivity index (χ4v) is 3.88. The number of rotatable bonds is 7. The molecular weight excluding hydrogens is 507 g/mol. The van der Waals surface area contributed by atoms with Crippen LogP contribution in [-0.4, -0.2) is 74.4 Å². The summed E-state index contributed by atoms with van der Waals surface area (Å²) in [6.07, 6.45) is -4.52. The van der Waals surface area contributed by atoms with Gasteiger partial charge < -0.3 is 19.7 Å². The Labute approximate surface area is 231 Å². The Balaban J connectivity index is 0.000000455. The number of alkyl halides is 3. The van der Waals surface area contributed by atoms with Crippen molar-refractivity contribution >= 4 is 11.6 Å². The van der Waals surface area contributed by atoms with Gasteiger partial charge in [0.2, 0.25) is 0 Å². The molecule has 0 bridgehead atoms. The van der Waals surface area contributed by atoms with Crippen LogP contribution in [0.5, 0.6) is 0 Å². The number of hydrogen-bond donors (Lipinski definition) is 1. The Morgan fingerprint density at radius 1 is 0.872 bits per heavy atom. The van der Waals surface area contributed by atoms with Crippen LogP contribution in [0.4, 0.5) is 18.9 Å². The van der Waals surface area contributed by atoms with Gasteiger partial charge in [0.15, 0.2) is 0 Å². The van der Waals surface area contributed by atoms with Crippen molar-refractivity contribution in [3.05, 3.63) is 64.2 Å². The summed E-state index contributed by atoms with van der Waals surface area (Å²) in [4.78, 5) is 16.7. The lowest BCUT2D eigenvalue weighted by atomic mass is 9.89. The summed E-state index contributed by atoms with van der Waals surface area (Å²) >= 11 is 0. The zero-order valence-electron chi connectivity index (χ0n) is 24.8. The molecule has 0 spiro atoms. The monoisotopic (exact) mass is 551 g/mol. The van der Waals surface area contributed by atoms with Crippen molar-refractivity contribution in [2.24, 2.45) is 0 Å². The number of carbonyl (C=O) groups is 1. The summed E-state index contributed by atoms with van der Waals surface area (Å²) in [5.74, 6) is -0.551. The Kier molecular flexibility index (Phi) is 11.1. The standard InChI is InChI=1S/C22H26F3N3O.C8H18O2/c1-15-4-7-19(12-16(15)2)26-21(29)17-5-6-18(20(13-17)22(23,24)25)14-28-10-8-27(3)9-11-28;1-7(2,9-5)8(3,4)10-6/h4-7,12-13H,8-11,14H2,1-3H3,(H,26,29);1-6H3. The molecule has 39 heavy (non-hydrogen) atoms. The lowest BCUT2D eigenvalue weighted by Crippen LogP contribution is -2.48. The van der Waals surface area contributed by atoms with Crippen LogP contribution < -0.4 is 5.32 Å². The first-order chi connectivity index (χ1) is 18.0. The summed E-state index contributed by atoms with van der Waals surface area (Å²) in [6.45, 7) is 15.2. The summed E-state index contributed by atoms with van der Waals surface area (Å²) in [7, 11) is 5.39. The van der Waals surface area contributed by atoms with Crippen LogP contribution in [0, 0.1) is 13.8 Å². The molecule has 1 fully saturated rings. The molecule has 1 aliphatic heterocycles. The van der Waals surface area contributed by atoms with E-state index in [4.69, 9.17) is 9.47 Å². The smallest absolute Gasteiger partial charge is 0.376 e. The van der Waals surface area contributed by atoms with E-state index in [1.165, 1.54) is 12.1 Å². The highest BCUT2D eigenvalue weighted by molar-refractivity contribution is 6.04. The second-order valence-corrected chi connectivity index (χ2v) is 11.1. The Bertz CT molecular complexity index is 1090. The van der Waals surface area contributed by atoms with Gasteiger partial charge in [-0.1, -0.05) is 12.1 Å².